The molecule has 0 saturated carbocycles. The molecule has 1 aromatic carbocycles. The third-order valence-corrected chi connectivity index (χ3v) is 4.50. The number of carbonyl (C=O) groups excluding carboxylic acids is 1. The summed E-state index contributed by atoms with van der Waals surface area (Å²) in [6.45, 7) is 1.85. The molecule has 0 unspecified atom stereocenters. The molecule has 3 rings (SSSR count). The van der Waals surface area contributed by atoms with E-state index in [0.717, 1.165) is 30.2 Å². The standard InChI is InChI=1S/C16H17N3O2S/c20-15-7-6-14(16(21)18-8-10-22-11-9-18)17-19(15)12-13-4-2-1-3-5-13/h1-7H,8-12H2. The Hall–Kier alpha value is -2.08. The molecule has 22 heavy (non-hydrogen) atoms. The van der Waals surface area contributed by atoms with E-state index in [2.05, 4.69) is 5.10 Å². The van der Waals surface area contributed by atoms with E-state index in [9.17, 15) is 9.59 Å². The number of hydrogen-bond donors (Lipinski definition) is 0. The topological polar surface area (TPSA) is 55.2 Å². The van der Waals surface area contributed by atoms with Crippen molar-refractivity contribution in [2.45, 2.75) is 6.54 Å². The molecule has 0 radical (unpaired) electrons. The number of nitrogens with zero attached hydrogens (tertiary/aromatic N) is 3. The predicted molar refractivity (Wildman–Crippen MR) is 87.3 cm³/mol. The van der Waals surface area contributed by atoms with Crippen LogP contribution in [0, 0.1) is 0 Å². The maximum absolute atomic E-state index is 12.5. The first-order valence-electron chi connectivity index (χ1n) is 7.23. The maximum Gasteiger partial charge on any atom is 0.274 e. The van der Waals surface area contributed by atoms with Crippen LogP contribution < -0.4 is 5.56 Å². The Kier molecular flexibility index (Phi) is 4.58. The highest BCUT2D eigenvalue weighted by Gasteiger charge is 2.20. The molecule has 6 heteroatoms. The van der Waals surface area contributed by atoms with Gasteiger partial charge in [-0.2, -0.15) is 16.9 Å². The highest BCUT2D eigenvalue weighted by atomic mass is 32.2. The highest BCUT2D eigenvalue weighted by molar-refractivity contribution is 7.99. The highest BCUT2D eigenvalue weighted by Crippen LogP contribution is 2.11. The molecule has 2 aromatic rings. The van der Waals surface area contributed by atoms with E-state index in [0.29, 0.717) is 12.2 Å². The Balaban J connectivity index is 1.83. The number of hydrogen-bond acceptors (Lipinski definition) is 4. The summed E-state index contributed by atoms with van der Waals surface area (Å²) in [6, 6.07) is 12.6. The average molecular weight is 315 g/mol. The van der Waals surface area contributed by atoms with Crippen LogP contribution in [-0.2, 0) is 6.54 Å². The van der Waals surface area contributed by atoms with E-state index >= 15 is 0 Å². The first-order chi connectivity index (χ1) is 10.7. The van der Waals surface area contributed by atoms with Crippen molar-refractivity contribution in [3.05, 3.63) is 64.1 Å². The summed E-state index contributed by atoms with van der Waals surface area (Å²) in [5.41, 5.74) is 1.12. The van der Waals surface area contributed by atoms with Gasteiger partial charge in [0.2, 0.25) is 0 Å². The molecule has 1 aromatic heterocycles. The van der Waals surface area contributed by atoms with Crippen LogP contribution in [-0.4, -0.2) is 45.2 Å². The van der Waals surface area contributed by atoms with Gasteiger partial charge in [-0.3, -0.25) is 9.59 Å². The van der Waals surface area contributed by atoms with Crippen molar-refractivity contribution in [1.29, 1.82) is 0 Å². The van der Waals surface area contributed by atoms with Crippen LogP contribution in [0.3, 0.4) is 0 Å². The summed E-state index contributed by atoms with van der Waals surface area (Å²) in [7, 11) is 0. The van der Waals surface area contributed by atoms with E-state index in [4.69, 9.17) is 0 Å². The molecule has 1 aliphatic rings. The fraction of sp³-hybridized carbons (Fsp3) is 0.312. The summed E-state index contributed by atoms with van der Waals surface area (Å²) in [6.07, 6.45) is 0. The van der Waals surface area contributed by atoms with Crippen molar-refractivity contribution in [3.63, 3.8) is 0 Å². The third kappa shape index (κ3) is 3.39. The van der Waals surface area contributed by atoms with Crippen LogP contribution in [0.5, 0.6) is 0 Å². The molecule has 1 fully saturated rings. The summed E-state index contributed by atoms with van der Waals surface area (Å²) in [4.78, 5) is 26.2. The molecular formula is C16H17N3O2S. The van der Waals surface area contributed by atoms with Crippen LogP contribution in [0.15, 0.2) is 47.3 Å². The van der Waals surface area contributed by atoms with Gasteiger partial charge < -0.3 is 4.90 Å². The van der Waals surface area contributed by atoms with Crippen molar-refractivity contribution < 1.29 is 4.79 Å². The second kappa shape index (κ2) is 6.79. The summed E-state index contributed by atoms with van der Waals surface area (Å²) in [5, 5.41) is 4.25. The fourth-order valence-corrected chi connectivity index (χ4v) is 3.26. The number of carbonyl (C=O) groups is 1. The maximum atomic E-state index is 12.5. The van der Waals surface area contributed by atoms with Crippen molar-refractivity contribution in [2.75, 3.05) is 24.6 Å². The van der Waals surface area contributed by atoms with Gasteiger partial charge in [-0.25, -0.2) is 4.68 Å². The molecule has 1 saturated heterocycles. The van der Waals surface area contributed by atoms with Gasteiger partial charge in [0.15, 0.2) is 0 Å². The van der Waals surface area contributed by atoms with Gasteiger partial charge in [0, 0.05) is 30.7 Å². The van der Waals surface area contributed by atoms with Crippen LogP contribution in [0.1, 0.15) is 16.1 Å². The lowest BCUT2D eigenvalue weighted by atomic mass is 10.2. The number of rotatable bonds is 3. The third-order valence-electron chi connectivity index (χ3n) is 3.56. The largest absolute Gasteiger partial charge is 0.336 e. The average Bonchev–Trinajstić information content (AvgIpc) is 2.58. The Morgan fingerprint density at radius 1 is 1.09 bits per heavy atom. The Morgan fingerprint density at radius 3 is 2.55 bits per heavy atom. The molecule has 114 valence electrons. The molecule has 5 nitrogen and oxygen atoms in total. The van der Waals surface area contributed by atoms with Crippen molar-refractivity contribution >= 4 is 17.7 Å². The van der Waals surface area contributed by atoms with Gasteiger partial charge in [0.25, 0.3) is 11.5 Å². The molecule has 0 spiro atoms. The lowest BCUT2D eigenvalue weighted by Crippen LogP contribution is -2.39. The van der Waals surface area contributed by atoms with Crippen molar-refractivity contribution in [2.24, 2.45) is 0 Å². The summed E-state index contributed by atoms with van der Waals surface area (Å²) in [5.74, 6) is 1.81. The first kappa shape index (κ1) is 14.8. The molecule has 0 aliphatic carbocycles. The van der Waals surface area contributed by atoms with E-state index in [1.54, 1.807) is 4.90 Å². The first-order valence-corrected chi connectivity index (χ1v) is 8.38. The van der Waals surface area contributed by atoms with Crippen molar-refractivity contribution in [3.8, 4) is 0 Å². The zero-order valence-corrected chi connectivity index (χ0v) is 13.0. The molecule has 2 heterocycles. The smallest absolute Gasteiger partial charge is 0.274 e. The minimum atomic E-state index is -0.199. The minimum absolute atomic E-state index is 0.0953. The number of aromatic nitrogens is 2. The lowest BCUT2D eigenvalue weighted by molar-refractivity contribution is 0.0763. The van der Waals surface area contributed by atoms with Gasteiger partial charge in [0.05, 0.1) is 6.54 Å². The van der Waals surface area contributed by atoms with Crippen molar-refractivity contribution in [1.82, 2.24) is 14.7 Å². The van der Waals surface area contributed by atoms with E-state index < -0.39 is 0 Å². The van der Waals surface area contributed by atoms with Crippen LogP contribution in [0.2, 0.25) is 0 Å². The number of thioether (sulfide) groups is 1. The molecule has 0 atom stereocenters. The molecular weight excluding hydrogens is 298 g/mol. The minimum Gasteiger partial charge on any atom is -0.336 e. The Morgan fingerprint density at radius 2 is 1.82 bits per heavy atom. The Bertz CT molecular complexity index is 709. The summed E-state index contributed by atoms with van der Waals surface area (Å²) >= 11 is 1.85. The Labute approximate surface area is 132 Å². The van der Waals surface area contributed by atoms with Crippen LogP contribution >= 0.6 is 11.8 Å². The fourth-order valence-electron chi connectivity index (χ4n) is 2.36. The van der Waals surface area contributed by atoms with Gasteiger partial charge in [-0.1, -0.05) is 30.3 Å². The zero-order valence-electron chi connectivity index (χ0n) is 12.1. The monoisotopic (exact) mass is 315 g/mol. The van der Waals surface area contributed by atoms with Gasteiger partial charge in [0.1, 0.15) is 5.69 Å². The predicted octanol–water partition coefficient (Wildman–Crippen LogP) is 1.48. The van der Waals surface area contributed by atoms with E-state index in [1.807, 2.05) is 42.1 Å². The second-order valence-corrected chi connectivity index (χ2v) is 6.33. The number of benzene rings is 1. The SMILES string of the molecule is O=C(c1ccc(=O)n(Cc2ccccc2)n1)N1CCSCC1. The van der Waals surface area contributed by atoms with E-state index in [1.165, 1.54) is 16.8 Å². The van der Waals surface area contributed by atoms with E-state index in [-0.39, 0.29) is 11.5 Å². The zero-order chi connectivity index (χ0) is 15.4. The van der Waals surface area contributed by atoms with Crippen LogP contribution in [0.25, 0.3) is 0 Å². The normalized spacial score (nSPS) is 14.8. The van der Waals surface area contributed by atoms with Gasteiger partial charge in [-0.05, 0) is 11.6 Å². The van der Waals surface area contributed by atoms with Gasteiger partial charge >= 0.3 is 0 Å². The number of amides is 1. The quantitative estimate of drug-likeness (QED) is 0.861. The molecule has 1 aliphatic heterocycles. The lowest BCUT2D eigenvalue weighted by Gasteiger charge is -2.26. The molecule has 0 N–H and O–H groups in total. The van der Waals surface area contributed by atoms with Crippen LogP contribution in [0.4, 0.5) is 0 Å². The van der Waals surface area contributed by atoms with Gasteiger partial charge in [-0.15, -0.1) is 0 Å². The second-order valence-electron chi connectivity index (χ2n) is 5.10. The summed E-state index contributed by atoms with van der Waals surface area (Å²) < 4.78 is 1.35. The molecule has 0 bridgehead atoms. The molecule has 1 amide bonds.